The van der Waals surface area contributed by atoms with E-state index >= 15 is 0 Å². The minimum atomic E-state index is -0.324. The molecule has 0 spiro atoms. The van der Waals surface area contributed by atoms with Gasteiger partial charge in [-0.3, -0.25) is 4.79 Å². The van der Waals surface area contributed by atoms with E-state index in [0.29, 0.717) is 24.1 Å². The van der Waals surface area contributed by atoms with E-state index in [1.807, 2.05) is 41.3 Å². The molecule has 2 aromatic carbocycles. The van der Waals surface area contributed by atoms with Gasteiger partial charge in [-0.1, -0.05) is 37.3 Å². The Morgan fingerprint density at radius 3 is 2.77 bits per heavy atom. The maximum absolute atomic E-state index is 13.2. The number of rotatable bonds is 5. The van der Waals surface area contributed by atoms with E-state index in [9.17, 15) is 9.59 Å². The smallest absolute Gasteiger partial charge is 0.339 e. The van der Waals surface area contributed by atoms with Crippen molar-refractivity contribution in [3.8, 4) is 0 Å². The van der Waals surface area contributed by atoms with Crippen molar-refractivity contribution in [3.63, 3.8) is 0 Å². The molecule has 1 saturated heterocycles. The van der Waals surface area contributed by atoms with Gasteiger partial charge >= 0.3 is 5.97 Å². The predicted octanol–water partition coefficient (Wildman–Crippen LogP) is 4.56. The number of cyclic esters (lactones) is 1. The Bertz CT molecular complexity index is 895. The van der Waals surface area contributed by atoms with Crippen LogP contribution in [0.4, 0.5) is 0 Å². The molecular weight excluding hydrogens is 378 g/mol. The van der Waals surface area contributed by atoms with E-state index in [2.05, 4.69) is 6.92 Å². The fraction of sp³-hybridized carbons (Fsp3) is 0.440. The molecule has 1 fully saturated rings. The minimum Gasteiger partial charge on any atom is -0.454 e. The Morgan fingerprint density at radius 2 is 1.97 bits per heavy atom. The van der Waals surface area contributed by atoms with Crippen LogP contribution in [0.2, 0.25) is 0 Å². The van der Waals surface area contributed by atoms with Crippen LogP contribution < -0.4 is 0 Å². The van der Waals surface area contributed by atoms with Gasteiger partial charge in [0.05, 0.1) is 11.7 Å². The van der Waals surface area contributed by atoms with E-state index in [1.54, 1.807) is 12.1 Å². The summed E-state index contributed by atoms with van der Waals surface area (Å²) in [5.41, 5.74) is 3.05. The molecule has 0 aliphatic carbocycles. The standard InChI is InChI=1S/C25H29NO4/c1-2-15-29-21-9-6-13-26(14-12-21)24(27)19-10-11-22-20(16-19)17-23(30-25(22)28)18-7-4-3-5-8-18/h3-5,7-8,10-11,16,21,23H,2,6,9,12-15,17H2,1H3/t21-,23-/m1/s1. The average Bonchev–Trinajstić information content (AvgIpc) is 3.03. The van der Waals surface area contributed by atoms with Crippen LogP contribution in [0.3, 0.4) is 0 Å². The van der Waals surface area contributed by atoms with Crippen molar-refractivity contribution in [2.45, 2.75) is 51.2 Å². The Labute approximate surface area is 178 Å². The van der Waals surface area contributed by atoms with Gasteiger partial charge in [0.1, 0.15) is 6.10 Å². The van der Waals surface area contributed by atoms with Crippen LogP contribution in [0.1, 0.15) is 70.6 Å². The first-order valence-corrected chi connectivity index (χ1v) is 11.0. The highest BCUT2D eigenvalue weighted by Crippen LogP contribution is 2.31. The van der Waals surface area contributed by atoms with Gasteiger partial charge in [0.15, 0.2) is 0 Å². The second-order valence-corrected chi connectivity index (χ2v) is 8.10. The Hall–Kier alpha value is -2.66. The number of amides is 1. The van der Waals surface area contributed by atoms with Crippen LogP contribution in [0.5, 0.6) is 0 Å². The SMILES string of the molecule is CCCO[C@@H]1CCCN(C(=O)c2ccc3c(c2)C[C@H](c2ccccc2)OC3=O)CC1. The van der Waals surface area contributed by atoms with Crippen LogP contribution in [0, 0.1) is 0 Å². The Balaban J connectivity index is 1.48. The number of carbonyl (C=O) groups is 2. The van der Waals surface area contributed by atoms with Gasteiger partial charge in [-0.25, -0.2) is 4.79 Å². The van der Waals surface area contributed by atoms with Crippen molar-refractivity contribution in [2.24, 2.45) is 0 Å². The van der Waals surface area contributed by atoms with Crippen molar-refractivity contribution in [1.82, 2.24) is 4.90 Å². The van der Waals surface area contributed by atoms with Crippen LogP contribution in [0.25, 0.3) is 0 Å². The molecule has 0 aromatic heterocycles. The molecule has 30 heavy (non-hydrogen) atoms. The molecule has 2 heterocycles. The minimum absolute atomic E-state index is 0.0316. The zero-order valence-corrected chi connectivity index (χ0v) is 17.5. The zero-order valence-electron chi connectivity index (χ0n) is 17.5. The number of hydrogen-bond acceptors (Lipinski definition) is 4. The number of hydrogen-bond donors (Lipinski definition) is 0. The Kier molecular flexibility index (Phi) is 6.48. The molecule has 0 N–H and O–H groups in total. The fourth-order valence-corrected chi connectivity index (χ4v) is 4.29. The second-order valence-electron chi connectivity index (χ2n) is 8.10. The van der Waals surface area contributed by atoms with Gasteiger partial charge in [0.25, 0.3) is 5.91 Å². The number of likely N-dealkylation sites (tertiary alicyclic amines) is 1. The van der Waals surface area contributed by atoms with Gasteiger partial charge in [-0.05, 0) is 55.0 Å². The third kappa shape index (κ3) is 4.57. The summed E-state index contributed by atoms with van der Waals surface area (Å²) in [6.45, 7) is 4.35. The molecule has 1 amide bonds. The number of benzene rings is 2. The summed E-state index contributed by atoms with van der Waals surface area (Å²) in [7, 11) is 0. The molecule has 5 nitrogen and oxygen atoms in total. The number of nitrogens with zero attached hydrogens (tertiary/aromatic N) is 1. The highest BCUT2D eigenvalue weighted by molar-refractivity contribution is 5.97. The monoisotopic (exact) mass is 407 g/mol. The quantitative estimate of drug-likeness (QED) is 0.682. The summed E-state index contributed by atoms with van der Waals surface area (Å²) in [4.78, 5) is 27.6. The third-order valence-corrected chi connectivity index (χ3v) is 5.92. The van der Waals surface area contributed by atoms with Crippen molar-refractivity contribution >= 4 is 11.9 Å². The van der Waals surface area contributed by atoms with E-state index in [4.69, 9.17) is 9.47 Å². The number of carbonyl (C=O) groups excluding carboxylic acids is 2. The normalized spacial score (nSPS) is 21.5. The topological polar surface area (TPSA) is 55.8 Å². The molecule has 0 saturated carbocycles. The molecule has 0 bridgehead atoms. The first kappa shape index (κ1) is 20.6. The lowest BCUT2D eigenvalue weighted by Crippen LogP contribution is -2.32. The van der Waals surface area contributed by atoms with Crippen LogP contribution >= 0.6 is 0 Å². The first-order valence-electron chi connectivity index (χ1n) is 11.0. The maximum Gasteiger partial charge on any atom is 0.339 e. The molecule has 0 unspecified atom stereocenters. The van der Waals surface area contributed by atoms with Crippen molar-refractivity contribution in [2.75, 3.05) is 19.7 Å². The summed E-state index contributed by atoms with van der Waals surface area (Å²) in [6, 6.07) is 15.1. The molecule has 2 aromatic rings. The first-order chi connectivity index (χ1) is 14.7. The molecule has 5 heteroatoms. The van der Waals surface area contributed by atoms with E-state index < -0.39 is 0 Å². The van der Waals surface area contributed by atoms with E-state index in [1.165, 1.54) is 0 Å². The Morgan fingerprint density at radius 1 is 1.13 bits per heavy atom. The molecule has 2 atom stereocenters. The van der Waals surface area contributed by atoms with Crippen molar-refractivity contribution in [3.05, 3.63) is 70.8 Å². The van der Waals surface area contributed by atoms with Crippen LogP contribution in [-0.2, 0) is 15.9 Å². The molecule has 158 valence electrons. The second kappa shape index (κ2) is 9.43. The number of ether oxygens (including phenoxy) is 2. The highest BCUT2D eigenvalue weighted by atomic mass is 16.5. The zero-order chi connectivity index (χ0) is 20.9. The van der Waals surface area contributed by atoms with Crippen molar-refractivity contribution in [1.29, 1.82) is 0 Å². The highest BCUT2D eigenvalue weighted by Gasteiger charge is 2.29. The predicted molar refractivity (Wildman–Crippen MR) is 115 cm³/mol. The lowest BCUT2D eigenvalue weighted by Gasteiger charge is -2.26. The van der Waals surface area contributed by atoms with Crippen molar-refractivity contribution < 1.29 is 19.1 Å². The average molecular weight is 408 g/mol. The molecule has 2 aliphatic rings. The molecule has 2 aliphatic heterocycles. The van der Waals surface area contributed by atoms with Crippen LogP contribution in [0.15, 0.2) is 48.5 Å². The third-order valence-electron chi connectivity index (χ3n) is 5.92. The number of esters is 1. The lowest BCUT2D eigenvalue weighted by atomic mass is 9.93. The lowest BCUT2D eigenvalue weighted by molar-refractivity contribution is 0.0252. The summed E-state index contributed by atoms with van der Waals surface area (Å²) in [6.07, 6.45) is 4.35. The van der Waals surface area contributed by atoms with Gasteiger partial charge < -0.3 is 14.4 Å². The van der Waals surface area contributed by atoms with Gasteiger partial charge in [0.2, 0.25) is 0 Å². The summed E-state index contributed by atoms with van der Waals surface area (Å²) >= 11 is 0. The summed E-state index contributed by atoms with van der Waals surface area (Å²) in [5, 5.41) is 0. The maximum atomic E-state index is 13.2. The van der Waals surface area contributed by atoms with E-state index in [-0.39, 0.29) is 24.1 Å². The summed E-state index contributed by atoms with van der Waals surface area (Å²) < 4.78 is 11.5. The van der Waals surface area contributed by atoms with Gasteiger partial charge in [-0.15, -0.1) is 0 Å². The van der Waals surface area contributed by atoms with Gasteiger partial charge in [-0.2, -0.15) is 0 Å². The molecule has 4 rings (SSSR count). The van der Waals surface area contributed by atoms with Crippen LogP contribution in [-0.4, -0.2) is 42.6 Å². The molecular formula is C25H29NO4. The molecule has 0 radical (unpaired) electrons. The number of fused-ring (bicyclic) bond motifs is 1. The largest absolute Gasteiger partial charge is 0.454 e. The summed E-state index contributed by atoms with van der Waals surface area (Å²) in [5.74, 6) is -0.293. The van der Waals surface area contributed by atoms with Gasteiger partial charge in [0, 0.05) is 31.7 Å². The fourth-order valence-electron chi connectivity index (χ4n) is 4.29. The van der Waals surface area contributed by atoms with E-state index in [0.717, 1.165) is 50.0 Å².